The van der Waals surface area contributed by atoms with Gasteiger partial charge in [0.2, 0.25) is 5.91 Å². The van der Waals surface area contributed by atoms with Crippen molar-refractivity contribution in [3.63, 3.8) is 0 Å². The van der Waals surface area contributed by atoms with E-state index in [9.17, 15) is 9.59 Å². The second-order valence-corrected chi connectivity index (χ2v) is 9.17. The molecule has 0 unspecified atom stereocenters. The van der Waals surface area contributed by atoms with E-state index in [1.54, 1.807) is 0 Å². The number of hydrogen-bond acceptors (Lipinski definition) is 9. The van der Waals surface area contributed by atoms with Crippen molar-refractivity contribution in [3.8, 4) is 0 Å². The number of carbonyl (C=O) groups is 2. The molecular weight excluding hydrogens is 430 g/mol. The average Bonchev–Trinajstić information content (AvgIpc) is 3.20. The van der Waals surface area contributed by atoms with Crippen molar-refractivity contribution in [1.29, 1.82) is 0 Å². The summed E-state index contributed by atoms with van der Waals surface area (Å²) in [4.78, 5) is 33.0. The molecular formula is C21H29N7O3S. The van der Waals surface area contributed by atoms with Gasteiger partial charge in [0, 0.05) is 31.2 Å². The molecule has 3 heterocycles. The Balaban J connectivity index is 1.32. The van der Waals surface area contributed by atoms with Crippen LogP contribution in [0, 0.1) is 12.8 Å². The molecule has 172 valence electrons. The lowest BCUT2D eigenvalue weighted by atomic mass is 9.90. The topological polar surface area (TPSA) is 144 Å². The van der Waals surface area contributed by atoms with Gasteiger partial charge < -0.3 is 26.4 Å². The fourth-order valence-corrected chi connectivity index (χ4v) is 4.80. The molecule has 0 aromatic carbocycles. The molecule has 5 N–H and O–H groups in total. The number of aromatic nitrogens is 3. The first-order valence-corrected chi connectivity index (χ1v) is 11.8. The summed E-state index contributed by atoms with van der Waals surface area (Å²) in [5.41, 5.74) is 6.42. The summed E-state index contributed by atoms with van der Waals surface area (Å²) >= 11 is 1.28. The van der Waals surface area contributed by atoms with Gasteiger partial charge in [0.15, 0.2) is 11.5 Å². The SMILES string of the molecule is Cc1cc(Nc2nc(NC3CCC(NC(=O)C4CCOCC4)CC3)cnc2C(N)=O)sn1. The molecule has 11 heteroatoms. The molecule has 0 spiro atoms. The predicted molar refractivity (Wildman–Crippen MR) is 122 cm³/mol. The summed E-state index contributed by atoms with van der Waals surface area (Å²) in [6.45, 7) is 3.23. The number of carbonyl (C=O) groups excluding carboxylic acids is 2. The molecule has 1 aliphatic carbocycles. The highest BCUT2D eigenvalue weighted by molar-refractivity contribution is 7.10. The molecule has 0 bridgehead atoms. The van der Waals surface area contributed by atoms with E-state index >= 15 is 0 Å². The molecule has 1 saturated carbocycles. The van der Waals surface area contributed by atoms with Crippen molar-refractivity contribution < 1.29 is 14.3 Å². The summed E-state index contributed by atoms with van der Waals surface area (Å²) in [7, 11) is 0. The predicted octanol–water partition coefficient (Wildman–Crippen LogP) is 2.35. The van der Waals surface area contributed by atoms with E-state index in [2.05, 4.69) is 30.3 Å². The summed E-state index contributed by atoms with van der Waals surface area (Å²) in [5, 5.41) is 10.5. The van der Waals surface area contributed by atoms with E-state index in [-0.39, 0.29) is 29.6 Å². The Hall–Kier alpha value is -2.79. The molecule has 0 radical (unpaired) electrons. The van der Waals surface area contributed by atoms with Crippen LogP contribution in [0.4, 0.5) is 16.6 Å². The van der Waals surface area contributed by atoms with E-state index in [1.807, 2.05) is 13.0 Å². The summed E-state index contributed by atoms with van der Waals surface area (Å²) in [6.07, 6.45) is 6.78. The van der Waals surface area contributed by atoms with Crippen molar-refractivity contribution in [2.75, 3.05) is 23.8 Å². The number of amides is 2. The van der Waals surface area contributed by atoms with Gasteiger partial charge in [0.25, 0.3) is 5.91 Å². The minimum Gasteiger partial charge on any atom is -0.381 e. The Morgan fingerprint density at radius 1 is 1.12 bits per heavy atom. The zero-order valence-electron chi connectivity index (χ0n) is 18.1. The van der Waals surface area contributed by atoms with Gasteiger partial charge in [-0.2, -0.15) is 4.37 Å². The van der Waals surface area contributed by atoms with E-state index in [0.29, 0.717) is 24.8 Å². The molecule has 1 saturated heterocycles. The van der Waals surface area contributed by atoms with Gasteiger partial charge in [-0.15, -0.1) is 0 Å². The van der Waals surface area contributed by atoms with Crippen LogP contribution in [0.2, 0.25) is 0 Å². The largest absolute Gasteiger partial charge is 0.381 e. The first kappa shape index (κ1) is 22.4. The smallest absolute Gasteiger partial charge is 0.271 e. The van der Waals surface area contributed by atoms with Crippen molar-refractivity contribution in [1.82, 2.24) is 19.7 Å². The molecule has 4 rings (SSSR count). The Morgan fingerprint density at radius 2 is 1.84 bits per heavy atom. The number of rotatable bonds is 7. The van der Waals surface area contributed by atoms with E-state index in [0.717, 1.165) is 49.2 Å². The Morgan fingerprint density at radius 3 is 2.50 bits per heavy atom. The fraction of sp³-hybridized carbons (Fsp3) is 0.571. The molecule has 2 amide bonds. The Labute approximate surface area is 190 Å². The lowest BCUT2D eigenvalue weighted by molar-refractivity contribution is -0.128. The first-order chi connectivity index (χ1) is 15.5. The van der Waals surface area contributed by atoms with Gasteiger partial charge in [-0.25, -0.2) is 9.97 Å². The van der Waals surface area contributed by atoms with Crippen LogP contribution in [-0.2, 0) is 9.53 Å². The third-order valence-corrected chi connectivity index (χ3v) is 6.69. The number of anilines is 3. The van der Waals surface area contributed by atoms with Crippen LogP contribution in [0.5, 0.6) is 0 Å². The molecule has 1 aliphatic heterocycles. The van der Waals surface area contributed by atoms with Crippen LogP contribution in [0.1, 0.15) is 54.7 Å². The number of nitrogens with one attached hydrogen (secondary N) is 3. The van der Waals surface area contributed by atoms with Crippen LogP contribution in [0.25, 0.3) is 0 Å². The number of nitrogens with two attached hydrogens (primary N) is 1. The second kappa shape index (κ2) is 10.2. The van der Waals surface area contributed by atoms with Crippen LogP contribution in [-0.4, -0.2) is 51.5 Å². The maximum absolute atomic E-state index is 12.5. The lowest BCUT2D eigenvalue weighted by Gasteiger charge is -2.31. The number of aryl methyl sites for hydroxylation is 1. The van der Waals surface area contributed by atoms with Crippen LogP contribution in [0.3, 0.4) is 0 Å². The highest BCUT2D eigenvalue weighted by atomic mass is 32.1. The fourth-order valence-electron chi connectivity index (χ4n) is 4.14. The Kier molecular flexibility index (Phi) is 7.15. The van der Waals surface area contributed by atoms with Gasteiger partial charge in [0.1, 0.15) is 10.8 Å². The maximum atomic E-state index is 12.5. The standard InChI is InChI=1S/C21H29N7O3S/c1-12-10-17(32-28-12)27-20-18(19(22)29)23-11-16(26-20)24-14-2-4-15(5-3-14)25-21(30)13-6-8-31-9-7-13/h10-11,13-15H,2-9H2,1H3,(H2,22,29)(H,25,30)(H2,24,26,27). The van der Waals surface area contributed by atoms with E-state index in [1.165, 1.54) is 17.7 Å². The van der Waals surface area contributed by atoms with Gasteiger partial charge >= 0.3 is 0 Å². The van der Waals surface area contributed by atoms with Crippen molar-refractivity contribution in [2.24, 2.45) is 11.7 Å². The monoisotopic (exact) mass is 459 g/mol. The molecule has 0 atom stereocenters. The molecule has 2 aliphatic rings. The van der Waals surface area contributed by atoms with Crippen LogP contribution < -0.4 is 21.7 Å². The zero-order chi connectivity index (χ0) is 22.5. The summed E-state index contributed by atoms with van der Waals surface area (Å²) < 4.78 is 9.57. The summed E-state index contributed by atoms with van der Waals surface area (Å²) in [6, 6.07) is 2.30. The first-order valence-electron chi connectivity index (χ1n) is 11.0. The van der Waals surface area contributed by atoms with Crippen LogP contribution >= 0.6 is 11.5 Å². The van der Waals surface area contributed by atoms with Gasteiger partial charge in [-0.05, 0) is 63.0 Å². The number of primary amides is 1. The minimum absolute atomic E-state index is 0.0758. The van der Waals surface area contributed by atoms with Gasteiger partial charge in [-0.1, -0.05) is 0 Å². The third kappa shape index (κ3) is 5.71. The molecule has 2 fully saturated rings. The minimum atomic E-state index is -0.645. The second-order valence-electron chi connectivity index (χ2n) is 8.36. The molecule has 2 aromatic heterocycles. The maximum Gasteiger partial charge on any atom is 0.271 e. The zero-order valence-corrected chi connectivity index (χ0v) is 18.9. The summed E-state index contributed by atoms with van der Waals surface area (Å²) in [5.74, 6) is 0.476. The van der Waals surface area contributed by atoms with Crippen LogP contribution in [0.15, 0.2) is 12.3 Å². The number of nitrogens with zero attached hydrogens (tertiary/aromatic N) is 3. The lowest BCUT2D eigenvalue weighted by Crippen LogP contribution is -2.43. The van der Waals surface area contributed by atoms with E-state index in [4.69, 9.17) is 10.5 Å². The quantitative estimate of drug-likeness (QED) is 0.494. The molecule has 32 heavy (non-hydrogen) atoms. The van der Waals surface area contributed by atoms with Crippen molar-refractivity contribution in [3.05, 3.63) is 23.7 Å². The molecule has 2 aromatic rings. The highest BCUT2D eigenvalue weighted by Gasteiger charge is 2.27. The number of hydrogen-bond donors (Lipinski definition) is 4. The van der Waals surface area contributed by atoms with E-state index < -0.39 is 5.91 Å². The third-order valence-electron chi connectivity index (χ3n) is 5.89. The van der Waals surface area contributed by atoms with Gasteiger partial charge in [0.05, 0.1) is 11.9 Å². The Bertz CT molecular complexity index is 953. The molecule has 10 nitrogen and oxygen atoms in total. The highest BCUT2D eigenvalue weighted by Crippen LogP contribution is 2.26. The number of ether oxygens (including phenoxy) is 1. The van der Waals surface area contributed by atoms with Gasteiger partial charge in [-0.3, -0.25) is 9.59 Å². The average molecular weight is 460 g/mol. The van der Waals surface area contributed by atoms with Crippen molar-refractivity contribution in [2.45, 2.75) is 57.5 Å². The van der Waals surface area contributed by atoms with Crippen molar-refractivity contribution >= 4 is 40.0 Å². The normalized spacial score (nSPS) is 21.7.